The van der Waals surface area contributed by atoms with Crippen molar-refractivity contribution in [3.63, 3.8) is 0 Å². The second kappa shape index (κ2) is 8.53. The fraction of sp³-hybridized carbons (Fsp3) is 0.529. The monoisotopic (exact) mass is 318 g/mol. The van der Waals surface area contributed by atoms with Crippen LogP contribution in [0, 0.1) is 0 Å². The summed E-state index contributed by atoms with van der Waals surface area (Å²) in [6.07, 6.45) is 3.11. The number of urea groups is 1. The molecule has 2 rings (SSSR count). The number of carbonyl (C=O) groups excluding carboxylic acids is 2. The number of nitrogens with two attached hydrogens (primary N) is 1. The second-order valence-corrected chi connectivity index (χ2v) is 5.96. The predicted molar refractivity (Wildman–Crippen MR) is 91.1 cm³/mol. The zero-order chi connectivity index (χ0) is 16.7. The average molecular weight is 318 g/mol. The zero-order valence-electron chi connectivity index (χ0n) is 13.6. The first-order valence-electron chi connectivity index (χ1n) is 8.27. The SMILES string of the molecule is CCCC(N)C(=O)NC1CCN(C(=O)Nc2ccccc2)CC1. The third kappa shape index (κ3) is 5.25. The molecule has 1 aromatic carbocycles. The van der Waals surface area contributed by atoms with Crippen molar-refractivity contribution in [2.45, 2.75) is 44.7 Å². The number of anilines is 1. The molecule has 1 atom stereocenters. The molecule has 1 unspecified atom stereocenters. The van der Waals surface area contributed by atoms with Gasteiger partial charge in [-0.3, -0.25) is 4.79 Å². The highest BCUT2D eigenvalue weighted by Crippen LogP contribution is 2.13. The molecule has 3 amide bonds. The lowest BCUT2D eigenvalue weighted by molar-refractivity contribution is -0.123. The molecule has 1 aromatic rings. The van der Waals surface area contributed by atoms with Crippen LogP contribution >= 0.6 is 0 Å². The van der Waals surface area contributed by atoms with Gasteiger partial charge in [-0.25, -0.2) is 4.79 Å². The molecule has 0 saturated carbocycles. The number of rotatable bonds is 5. The average Bonchev–Trinajstić information content (AvgIpc) is 2.56. The molecule has 4 N–H and O–H groups in total. The topological polar surface area (TPSA) is 87.5 Å². The Morgan fingerprint density at radius 1 is 1.26 bits per heavy atom. The highest BCUT2D eigenvalue weighted by Gasteiger charge is 2.25. The summed E-state index contributed by atoms with van der Waals surface area (Å²) in [4.78, 5) is 25.9. The maximum Gasteiger partial charge on any atom is 0.321 e. The molecular formula is C17H26N4O2. The van der Waals surface area contributed by atoms with Crippen LogP contribution in [0.25, 0.3) is 0 Å². The van der Waals surface area contributed by atoms with E-state index in [1.165, 1.54) is 0 Å². The summed E-state index contributed by atoms with van der Waals surface area (Å²) in [6, 6.07) is 8.98. The lowest BCUT2D eigenvalue weighted by atomic mass is 10.0. The van der Waals surface area contributed by atoms with Crippen molar-refractivity contribution in [2.24, 2.45) is 5.73 Å². The van der Waals surface area contributed by atoms with Crippen molar-refractivity contribution in [1.82, 2.24) is 10.2 Å². The van der Waals surface area contributed by atoms with Gasteiger partial charge in [0.15, 0.2) is 0 Å². The fourth-order valence-electron chi connectivity index (χ4n) is 2.70. The van der Waals surface area contributed by atoms with E-state index < -0.39 is 6.04 Å². The Labute approximate surface area is 137 Å². The minimum absolute atomic E-state index is 0.0842. The minimum atomic E-state index is -0.431. The Bertz CT molecular complexity index is 513. The number of carbonyl (C=O) groups is 2. The van der Waals surface area contributed by atoms with Crippen LogP contribution in [-0.4, -0.2) is 42.0 Å². The maximum absolute atomic E-state index is 12.2. The number of piperidine rings is 1. The molecule has 1 fully saturated rings. The summed E-state index contributed by atoms with van der Waals surface area (Å²) < 4.78 is 0. The molecule has 0 spiro atoms. The number of likely N-dealkylation sites (tertiary alicyclic amines) is 1. The van der Waals surface area contributed by atoms with Gasteiger partial charge in [0.05, 0.1) is 6.04 Å². The van der Waals surface area contributed by atoms with Crippen molar-refractivity contribution in [3.8, 4) is 0 Å². The molecular weight excluding hydrogens is 292 g/mol. The largest absolute Gasteiger partial charge is 0.352 e. The Kier molecular flexibility index (Phi) is 6.40. The number of benzene rings is 1. The van der Waals surface area contributed by atoms with E-state index in [4.69, 9.17) is 5.73 Å². The molecule has 6 heteroatoms. The third-order valence-electron chi connectivity index (χ3n) is 4.09. The van der Waals surface area contributed by atoms with Crippen molar-refractivity contribution in [2.75, 3.05) is 18.4 Å². The quantitative estimate of drug-likeness (QED) is 0.775. The summed E-state index contributed by atoms with van der Waals surface area (Å²) in [5.74, 6) is -0.0842. The van der Waals surface area contributed by atoms with Crippen molar-refractivity contribution in [3.05, 3.63) is 30.3 Å². The summed E-state index contributed by atoms with van der Waals surface area (Å²) in [5.41, 5.74) is 6.61. The molecule has 0 radical (unpaired) electrons. The minimum Gasteiger partial charge on any atom is -0.352 e. The van der Waals surface area contributed by atoms with Gasteiger partial charge < -0.3 is 21.3 Å². The van der Waals surface area contributed by atoms with Crippen molar-refractivity contribution < 1.29 is 9.59 Å². The van der Waals surface area contributed by atoms with E-state index >= 15 is 0 Å². The van der Waals surface area contributed by atoms with Gasteiger partial charge in [0, 0.05) is 24.8 Å². The number of hydrogen-bond donors (Lipinski definition) is 3. The highest BCUT2D eigenvalue weighted by atomic mass is 16.2. The van der Waals surface area contributed by atoms with E-state index in [1.54, 1.807) is 4.90 Å². The normalized spacial score (nSPS) is 16.7. The first kappa shape index (κ1) is 17.3. The Morgan fingerprint density at radius 2 is 1.91 bits per heavy atom. The van der Waals surface area contributed by atoms with Crippen LogP contribution in [0.2, 0.25) is 0 Å². The third-order valence-corrected chi connectivity index (χ3v) is 4.09. The summed E-state index contributed by atoms with van der Waals surface area (Å²) in [5, 5.41) is 5.87. The van der Waals surface area contributed by atoms with Crippen LogP contribution < -0.4 is 16.4 Å². The van der Waals surface area contributed by atoms with E-state index in [0.29, 0.717) is 19.5 Å². The maximum atomic E-state index is 12.2. The number of amides is 3. The van der Waals surface area contributed by atoms with Crippen molar-refractivity contribution in [1.29, 1.82) is 0 Å². The fourth-order valence-corrected chi connectivity index (χ4v) is 2.70. The van der Waals surface area contributed by atoms with Crippen molar-refractivity contribution >= 4 is 17.6 Å². The molecule has 126 valence electrons. The highest BCUT2D eigenvalue weighted by molar-refractivity contribution is 5.89. The van der Waals surface area contributed by atoms with Gasteiger partial charge in [0.25, 0.3) is 0 Å². The molecule has 0 bridgehead atoms. The lowest BCUT2D eigenvalue weighted by Crippen LogP contribution is -2.51. The molecule has 1 aliphatic rings. The second-order valence-electron chi connectivity index (χ2n) is 5.96. The number of hydrogen-bond acceptors (Lipinski definition) is 3. The van der Waals surface area contributed by atoms with Gasteiger partial charge in [0.2, 0.25) is 5.91 Å². The van der Waals surface area contributed by atoms with Gasteiger partial charge in [-0.05, 0) is 31.4 Å². The van der Waals surface area contributed by atoms with Gasteiger partial charge in [-0.1, -0.05) is 31.5 Å². The van der Waals surface area contributed by atoms with E-state index in [-0.39, 0.29) is 18.0 Å². The molecule has 0 aliphatic carbocycles. The van der Waals surface area contributed by atoms with Crippen LogP contribution in [0.15, 0.2) is 30.3 Å². The smallest absolute Gasteiger partial charge is 0.321 e. The van der Waals surface area contributed by atoms with E-state index in [9.17, 15) is 9.59 Å². The molecule has 6 nitrogen and oxygen atoms in total. The lowest BCUT2D eigenvalue weighted by Gasteiger charge is -2.32. The van der Waals surface area contributed by atoms with Gasteiger partial charge in [0.1, 0.15) is 0 Å². The van der Waals surface area contributed by atoms with E-state index in [0.717, 1.165) is 24.9 Å². The Hall–Kier alpha value is -2.08. The Morgan fingerprint density at radius 3 is 2.52 bits per heavy atom. The number of nitrogens with zero attached hydrogens (tertiary/aromatic N) is 1. The van der Waals surface area contributed by atoms with Crippen LogP contribution in [0.4, 0.5) is 10.5 Å². The molecule has 0 aromatic heterocycles. The van der Waals surface area contributed by atoms with E-state index in [2.05, 4.69) is 10.6 Å². The first-order chi connectivity index (χ1) is 11.1. The molecule has 1 saturated heterocycles. The summed E-state index contributed by atoms with van der Waals surface area (Å²) >= 11 is 0. The van der Waals surface area contributed by atoms with Gasteiger partial charge in [-0.15, -0.1) is 0 Å². The number of para-hydroxylation sites is 1. The molecule has 1 heterocycles. The number of nitrogens with one attached hydrogen (secondary N) is 2. The zero-order valence-corrected chi connectivity index (χ0v) is 13.6. The molecule has 1 aliphatic heterocycles. The Balaban J connectivity index is 1.75. The standard InChI is InChI=1S/C17H26N4O2/c1-2-6-15(18)16(22)19-14-9-11-21(12-10-14)17(23)20-13-7-4-3-5-8-13/h3-5,7-8,14-15H,2,6,9-12,18H2,1H3,(H,19,22)(H,20,23). The first-order valence-corrected chi connectivity index (χ1v) is 8.27. The summed E-state index contributed by atoms with van der Waals surface area (Å²) in [6.45, 7) is 3.27. The van der Waals surface area contributed by atoms with Crippen LogP contribution in [0.5, 0.6) is 0 Å². The van der Waals surface area contributed by atoms with Gasteiger partial charge in [-0.2, -0.15) is 0 Å². The summed E-state index contributed by atoms with van der Waals surface area (Å²) in [7, 11) is 0. The van der Waals surface area contributed by atoms with Crippen LogP contribution in [0.1, 0.15) is 32.6 Å². The van der Waals surface area contributed by atoms with Crippen LogP contribution in [-0.2, 0) is 4.79 Å². The molecule has 23 heavy (non-hydrogen) atoms. The van der Waals surface area contributed by atoms with Gasteiger partial charge >= 0.3 is 6.03 Å². The van der Waals surface area contributed by atoms with Crippen LogP contribution in [0.3, 0.4) is 0 Å². The predicted octanol–water partition coefficient (Wildman–Crippen LogP) is 1.93. The van der Waals surface area contributed by atoms with E-state index in [1.807, 2.05) is 37.3 Å².